The van der Waals surface area contributed by atoms with E-state index in [0.29, 0.717) is 22.2 Å². The summed E-state index contributed by atoms with van der Waals surface area (Å²) in [7, 11) is 0. The number of hydrogen-bond acceptors (Lipinski definition) is 2. The first-order valence-electron chi connectivity index (χ1n) is 6.54. The predicted molar refractivity (Wildman–Crippen MR) is 86.7 cm³/mol. The van der Waals surface area contributed by atoms with Crippen molar-refractivity contribution in [2.75, 3.05) is 0 Å². The molecule has 110 valence electrons. The molecule has 0 aliphatic carbocycles. The van der Waals surface area contributed by atoms with Crippen molar-refractivity contribution in [3.05, 3.63) is 69.2 Å². The van der Waals surface area contributed by atoms with E-state index in [1.54, 1.807) is 18.2 Å². The maximum absolute atomic E-state index is 11.1. The first-order chi connectivity index (χ1) is 9.97. The monoisotopic (exact) mass is 322 g/mol. The van der Waals surface area contributed by atoms with Gasteiger partial charge in [0.25, 0.3) is 0 Å². The zero-order valence-electron chi connectivity index (χ0n) is 11.6. The molecule has 3 nitrogen and oxygen atoms in total. The van der Waals surface area contributed by atoms with Gasteiger partial charge in [0.05, 0.1) is 0 Å². The van der Waals surface area contributed by atoms with Crippen LogP contribution in [0.1, 0.15) is 34.5 Å². The summed E-state index contributed by atoms with van der Waals surface area (Å²) in [5.74, 6) is -0.483. The number of halogens is 2. The maximum atomic E-state index is 11.1. The van der Waals surface area contributed by atoms with Gasteiger partial charge in [-0.05, 0) is 42.3 Å². The van der Waals surface area contributed by atoms with Crippen molar-refractivity contribution in [2.24, 2.45) is 5.73 Å². The molecule has 5 heteroatoms. The van der Waals surface area contributed by atoms with Crippen molar-refractivity contribution in [1.82, 2.24) is 5.32 Å². The van der Waals surface area contributed by atoms with Crippen LogP contribution in [0.15, 0.2) is 42.5 Å². The van der Waals surface area contributed by atoms with Crippen molar-refractivity contribution in [2.45, 2.75) is 19.5 Å². The average Bonchev–Trinajstić information content (AvgIpc) is 2.45. The number of carbonyl (C=O) groups excluding carboxylic acids is 1. The summed E-state index contributed by atoms with van der Waals surface area (Å²) in [4.78, 5) is 11.1. The van der Waals surface area contributed by atoms with Gasteiger partial charge < -0.3 is 11.1 Å². The van der Waals surface area contributed by atoms with Crippen molar-refractivity contribution in [1.29, 1.82) is 0 Å². The highest BCUT2D eigenvalue weighted by Crippen LogP contribution is 2.21. The summed E-state index contributed by atoms with van der Waals surface area (Å²) in [6.07, 6.45) is 0. The highest BCUT2D eigenvalue weighted by Gasteiger charge is 2.09. The largest absolute Gasteiger partial charge is 0.366 e. The quantitative estimate of drug-likeness (QED) is 0.875. The second kappa shape index (κ2) is 6.94. The Labute approximate surface area is 134 Å². The minimum atomic E-state index is -0.483. The molecule has 0 fully saturated rings. The van der Waals surface area contributed by atoms with Crippen molar-refractivity contribution >= 4 is 29.1 Å². The lowest BCUT2D eigenvalue weighted by Gasteiger charge is -2.15. The second-order valence-electron chi connectivity index (χ2n) is 4.83. The van der Waals surface area contributed by atoms with Crippen LogP contribution in [-0.2, 0) is 6.54 Å². The first-order valence-corrected chi connectivity index (χ1v) is 7.30. The topological polar surface area (TPSA) is 55.1 Å². The fraction of sp³-hybridized carbons (Fsp3) is 0.188. The Morgan fingerprint density at radius 3 is 2.62 bits per heavy atom. The van der Waals surface area contributed by atoms with E-state index in [0.717, 1.165) is 11.1 Å². The first kappa shape index (κ1) is 15.8. The Bertz CT molecular complexity index is 658. The molecule has 0 aliphatic heterocycles. The van der Waals surface area contributed by atoms with Gasteiger partial charge in [-0.3, -0.25) is 4.79 Å². The third-order valence-corrected chi connectivity index (χ3v) is 3.87. The van der Waals surface area contributed by atoms with E-state index in [-0.39, 0.29) is 6.04 Å². The highest BCUT2D eigenvalue weighted by atomic mass is 35.5. The van der Waals surface area contributed by atoms with E-state index in [1.807, 2.05) is 24.3 Å². The minimum absolute atomic E-state index is 0.135. The van der Waals surface area contributed by atoms with E-state index >= 15 is 0 Å². The molecule has 0 bridgehead atoms. The summed E-state index contributed by atoms with van der Waals surface area (Å²) in [5.41, 5.74) is 7.64. The van der Waals surface area contributed by atoms with Crippen LogP contribution in [0.25, 0.3) is 0 Å². The second-order valence-corrected chi connectivity index (χ2v) is 5.67. The van der Waals surface area contributed by atoms with Crippen LogP contribution in [0.3, 0.4) is 0 Å². The minimum Gasteiger partial charge on any atom is -0.366 e. The molecule has 1 atom stereocenters. The highest BCUT2D eigenvalue weighted by molar-refractivity contribution is 6.31. The van der Waals surface area contributed by atoms with Gasteiger partial charge in [0.1, 0.15) is 0 Å². The third-order valence-electron chi connectivity index (χ3n) is 3.28. The standard InChI is InChI=1S/C16H16Cl2N2O/c1-10(11-3-2-4-14(17)7-11)20-9-13-6-5-12(16(19)21)8-15(13)18/h2-8,10,20H,9H2,1H3,(H2,19,21)/t10-/m1/s1. The molecule has 2 rings (SSSR count). The lowest BCUT2D eigenvalue weighted by molar-refractivity contribution is 0.100. The summed E-state index contributed by atoms with van der Waals surface area (Å²) in [6.45, 7) is 2.64. The van der Waals surface area contributed by atoms with Crippen molar-refractivity contribution in [3.63, 3.8) is 0 Å². The van der Waals surface area contributed by atoms with Crippen LogP contribution < -0.4 is 11.1 Å². The van der Waals surface area contributed by atoms with Crippen LogP contribution in [0.5, 0.6) is 0 Å². The zero-order chi connectivity index (χ0) is 15.4. The summed E-state index contributed by atoms with van der Waals surface area (Å²) < 4.78 is 0. The molecule has 2 aromatic carbocycles. The molecular formula is C16H16Cl2N2O. The number of rotatable bonds is 5. The number of nitrogens with two attached hydrogens (primary N) is 1. The molecule has 0 aromatic heterocycles. The molecule has 0 heterocycles. The van der Waals surface area contributed by atoms with Crippen LogP contribution in [-0.4, -0.2) is 5.91 Å². The number of hydrogen-bond donors (Lipinski definition) is 2. The number of nitrogens with one attached hydrogen (secondary N) is 1. The van der Waals surface area contributed by atoms with Gasteiger partial charge in [-0.1, -0.05) is 41.4 Å². The van der Waals surface area contributed by atoms with Gasteiger partial charge in [-0.15, -0.1) is 0 Å². The van der Waals surface area contributed by atoms with Gasteiger partial charge in [-0.25, -0.2) is 0 Å². The molecule has 2 aromatic rings. The van der Waals surface area contributed by atoms with E-state index in [4.69, 9.17) is 28.9 Å². The molecule has 0 aliphatic rings. The van der Waals surface area contributed by atoms with Crippen LogP contribution in [0, 0.1) is 0 Å². The lowest BCUT2D eigenvalue weighted by atomic mass is 10.1. The molecule has 0 spiro atoms. The molecule has 21 heavy (non-hydrogen) atoms. The summed E-state index contributed by atoms with van der Waals surface area (Å²) >= 11 is 12.1. The van der Waals surface area contributed by atoms with Gasteiger partial charge >= 0.3 is 0 Å². The molecule has 3 N–H and O–H groups in total. The Balaban J connectivity index is 2.04. The Kier molecular flexibility index (Phi) is 5.23. The van der Waals surface area contributed by atoms with Crippen molar-refractivity contribution < 1.29 is 4.79 Å². The third kappa shape index (κ3) is 4.21. The Morgan fingerprint density at radius 1 is 1.24 bits per heavy atom. The van der Waals surface area contributed by atoms with Crippen LogP contribution in [0.4, 0.5) is 0 Å². The van der Waals surface area contributed by atoms with Gasteiger partial charge in [0.2, 0.25) is 5.91 Å². The van der Waals surface area contributed by atoms with E-state index in [9.17, 15) is 4.79 Å². The fourth-order valence-corrected chi connectivity index (χ4v) is 2.45. The molecule has 0 unspecified atom stereocenters. The smallest absolute Gasteiger partial charge is 0.248 e. The zero-order valence-corrected chi connectivity index (χ0v) is 13.1. The van der Waals surface area contributed by atoms with Crippen LogP contribution >= 0.6 is 23.2 Å². The molecular weight excluding hydrogens is 307 g/mol. The average molecular weight is 323 g/mol. The summed E-state index contributed by atoms with van der Waals surface area (Å²) in [6, 6.07) is 12.9. The van der Waals surface area contributed by atoms with Gasteiger partial charge in [-0.2, -0.15) is 0 Å². The number of amides is 1. The molecule has 0 saturated carbocycles. The SMILES string of the molecule is C[C@@H](NCc1ccc(C(N)=O)cc1Cl)c1cccc(Cl)c1. The predicted octanol–water partition coefficient (Wildman–Crippen LogP) is 3.94. The van der Waals surface area contributed by atoms with Crippen LogP contribution in [0.2, 0.25) is 10.0 Å². The molecule has 0 saturated heterocycles. The molecule has 0 radical (unpaired) electrons. The lowest BCUT2D eigenvalue weighted by Crippen LogP contribution is -2.18. The van der Waals surface area contributed by atoms with Gasteiger partial charge in [0.15, 0.2) is 0 Å². The normalized spacial score (nSPS) is 12.1. The van der Waals surface area contributed by atoms with E-state index < -0.39 is 5.91 Å². The molecule has 1 amide bonds. The Hall–Kier alpha value is -1.55. The van der Waals surface area contributed by atoms with Crippen molar-refractivity contribution in [3.8, 4) is 0 Å². The number of carbonyl (C=O) groups is 1. The number of benzene rings is 2. The van der Waals surface area contributed by atoms with Gasteiger partial charge in [0, 0.05) is 28.2 Å². The number of primary amides is 1. The Morgan fingerprint density at radius 2 is 2.00 bits per heavy atom. The van der Waals surface area contributed by atoms with E-state index in [1.165, 1.54) is 0 Å². The summed E-state index contributed by atoms with van der Waals surface area (Å²) in [5, 5.41) is 4.61. The fourth-order valence-electron chi connectivity index (χ4n) is 2.00. The maximum Gasteiger partial charge on any atom is 0.248 e. The van der Waals surface area contributed by atoms with E-state index in [2.05, 4.69) is 12.2 Å².